The lowest BCUT2D eigenvalue weighted by atomic mass is 9.95. The van der Waals surface area contributed by atoms with E-state index in [2.05, 4.69) is 0 Å². The Kier molecular flexibility index (Phi) is 2.86. The minimum absolute atomic E-state index is 0.226. The summed E-state index contributed by atoms with van der Waals surface area (Å²) >= 11 is 0. The van der Waals surface area contributed by atoms with Crippen molar-refractivity contribution in [3.63, 3.8) is 0 Å². The second kappa shape index (κ2) is 5.02. The van der Waals surface area contributed by atoms with Crippen LogP contribution in [0.2, 0.25) is 0 Å². The van der Waals surface area contributed by atoms with Crippen LogP contribution >= 0.6 is 0 Å². The van der Waals surface area contributed by atoms with Gasteiger partial charge in [0.1, 0.15) is 24.4 Å². The lowest BCUT2D eigenvalue weighted by Crippen LogP contribution is -2.34. The van der Waals surface area contributed by atoms with Crippen molar-refractivity contribution in [2.75, 3.05) is 0 Å². The zero-order chi connectivity index (χ0) is 18.0. The molecule has 5 heteroatoms. The number of nitrogens with one attached hydrogen (secondary N) is 1. The number of para-hydroxylation sites is 1. The first-order chi connectivity index (χ1) is 12.6. The van der Waals surface area contributed by atoms with E-state index in [0.717, 1.165) is 33.5 Å². The molecule has 0 radical (unpaired) electrons. The van der Waals surface area contributed by atoms with E-state index in [-0.39, 0.29) is 5.56 Å². The van der Waals surface area contributed by atoms with Crippen LogP contribution < -0.4 is 14.4 Å². The third kappa shape index (κ3) is 1.82. The summed E-state index contributed by atoms with van der Waals surface area (Å²) in [4.78, 5) is 0. The molecule has 0 saturated heterocycles. The average Bonchev–Trinajstić information content (AvgIpc) is 2.64. The van der Waals surface area contributed by atoms with Crippen LogP contribution in [0.1, 0.15) is 5.56 Å². The molecule has 0 unspecified atom stereocenters. The summed E-state index contributed by atoms with van der Waals surface area (Å²) in [5.74, 6) is -0.248. The molecule has 0 saturated carbocycles. The van der Waals surface area contributed by atoms with E-state index >= 15 is 0 Å². The molecule has 2 heterocycles. The Balaban J connectivity index is 2.05. The van der Waals surface area contributed by atoms with E-state index < -0.39 is 11.7 Å². The standard InChI is InChI=1S/C21H13FN2O2/c1-24-16-10-14(21(23)25)15(22)9-13(16)11-6-4-8-18-19(11)20(24)12-5-2-3-7-17(12)26-18/h2-10H,1H3,(H-,23,25). The first-order valence-electron chi connectivity index (χ1n) is 8.17. The number of pyridine rings is 1. The monoisotopic (exact) mass is 344 g/mol. The van der Waals surface area contributed by atoms with Crippen molar-refractivity contribution in [2.45, 2.75) is 0 Å². The third-order valence-corrected chi connectivity index (χ3v) is 4.94. The van der Waals surface area contributed by atoms with Crippen molar-refractivity contribution in [3.05, 3.63) is 66.0 Å². The molecule has 1 aromatic heterocycles. The Morgan fingerprint density at radius 3 is 2.62 bits per heavy atom. The maximum atomic E-state index is 14.4. The van der Waals surface area contributed by atoms with Gasteiger partial charge in [-0.25, -0.2) is 4.39 Å². The highest BCUT2D eigenvalue weighted by atomic mass is 19.1. The number of halogens is 1. The molecule has 0 spiro atoms. The molecular formula is C21H13FN2O2. The molecule has 4 nitrogen and oxygen atoms in total. The van der Waals surface area contributed by atoms with E-state index in [1.165, 1.54) is 12.1 Å². The van der Waals surface area contributed by atoms with Gasteiger partial charge in [-0.3, -0.25) is 0 Å². The van der Waals surface area contributed by atoms with Crippen molar-refractivity contribution in [2.24, 2.45) is 7.05 Å². The molecule has 26 heavy (non-hydrogen) atoms. The van der Waals surface area contributed by atoms with Gasteiger partial charge in [0.2, 0.25) is 11.2 Å². The Morgan fingerprint density at radius 1 is 1.04 bits per heavy atom. The second-order valence-corrected chi connectivity index (χ2v) is 6.36. The molecule has 0 atom stereocenters. The molecule has 1 aliphatic rings. The minimum Gasteiger partial charge on any atom is -0.859 e. The number of rotatable bonds is 1. The van der Waals surface area contributed by atoms with E-state index in [0.29, 0.717) is 10.9 Å². The SMILES string of the molecule is C[n+]1c2c3c(cccc3c3cc(F)c(C(=N)[O-])cc31)Oc1ccccc1-2. The molecule has 1 N–H and O–H groups in total. The summed E-state index contributed by atoms with van der Waals surface area (Å²) in [7, 11) is 1.88. The first kappa shape index (κ1) is 14.8. The molecule has 0 aliphatic carbocycles. The van der Waals surface area contributed by atoms with Gasteiger partial charge in [-0.15, -0.1) is 0 Å². The van der Waals surface area contributed by atoms with Gasteiger partial charge in [0.25, 0.3) is 0 Å². The van der Waals surface area contributed by atoms with E-state index in [9.17, 15) is 9.50 Å². The fraction of sp³-hybridized carbons (Fsp3) is 0.0476. The maximum absolute atomic E-state index is 14.4. The normalized spacial score (nSPS) is 12.1. The van der Waals surface area contributed by atoms with Crippen LogP contribution in [0, 0.1) is 11.2 Å². The van der Waals surface area contributed by atoms with Gasteiger partial charge in [-0.05, 0) is 30.2 Å². The largest absolute Gasteiger partial charge is 0.859 e. The van der Waals surface area contributed by atoms with Crippen LogP contribution in [0.5, 0.6) is 11.5 Å². The summed E-state index contributed by atoms with van der Waals surface area (Å²) in [6.45, 7) is 0. The predicted octanol–water partition coefficient (Wildman–Crippen LogP) is 3.41. The smallest absolute Gasteiger partial charge is 0.228 e. The van der Waals surface area contributed by atoms with Crippen molar-refractivity contribution >= 4 is 27.6 Å². The summed E-state index contributed by atoms with van der Waals surface area (Å²) in [5, 5.41) is 21.3. The fourth-order valence-electron chi connectivity index (χ4n) is 3.79. The van der Waals surface area contributed by atoms with Crippen LogP contribution in [0.25, 0.3) is 32.9 Å². The molecule has 0 amide bonds. The van der Waals surface area contributed by atoms with Crippen LogP contribution in [0.15, 0.2) is 54.6 Å². The molecular weight excluding hydrogens is 331 g/mol. The summed E-state index contributed by atoms with van der Waals surface area (Å²) in [6, 6.07) is 16.2. The number of aromatic nitrogens is 1. The topological polar surface area (TPSA) is 60.0 Å². The van der Waals surface area contributed by atoms with E-state index in [1.54, 1.807) is 0 Å². The van der Waals surface area contributed by atoms with Crippen molar-refractivity contribution in [1.29, 1.82) is 5.41 Å². The Hall–Kier alpha value is -3.47. The van der Waals surface area contributed by atoms with Crippen LogP contribution in [-0.4, -0.2) is 5.90 Å². The number of ether oxygens (including phenoxy) is 1. The Labute approximate surface area is 148 Å². The van der Waals surface area contributed by atoms with Crippen LogP contribution in [-0.2, 0) is 7.05 Å². The fourth-order valence-corrected chi connectivity index (χ4v) is 3.79. The lowest BCUT2D eigenvalue weighted by molar-refractivity contribution is -0.632. The summed E-state index contributed by atoms with van der Waals surface area (Å²) < 4.78 is 22.4. The highest BCUT2D eigenvalue weighted by Gasteiger charge is 2.30. The minimum atomic E-state index is -1.03. The number of nitrogens with zero attached hydrogens (tertiary/aromatic N) is 1. The Morgan fingerprint density at radius 2 is 1.81 bits per heavy atom. The van der Waals surface area contributed by atoms with Crippen LogP contribution in [0.4, 0.5) is 4.39 Å². The van der Waals surface area contributed by atoms with Gasteiger partial charge in [-0.1, -0.05) is 24.3 Å². The van der Waals surface area contributed by atoms with Gasteiger partial charge < -0.3 is 15.3 Å². The first-order valence-corrected chi connectivity index (χ1v) is 8.17. The summed E-state index contributed by atoms with van der Waals surface area (Å²) in [5.41, 5.74) is 2.35. The van der Waals surface area contributed by atoms with E-state index in [4.69, 9.17) is 10.1 Å². The lowest BCUT2D eigenvalue weighted by Gasteiger charge is -2.20. The van der Waals surface area contributed by atoms with Gasteiger partial charge in [0.05, 0.1) is 16.3 Å². The van der Waals surface area contributed by atoms with Gasteiger partial charge in [0.15, 0.2) is 0 Å². The quantitative estimate of drug-likeness (QED) is 0.219. The Bertz CT molecular complexity index is 1260. The zero-order valence-corrected chi connectivity index (χ0v) is 13.8. The number of hydrogen-bond acceptors (Lipinski definition) is 3. The van der Waals surface area contributed by atoms with Crippen LogP contribution in [0.3, 0.4) is 0 Å². The predicted molar refractivity (Wildman–Crippen MR) is 94.9 cm³/mol. The number of benzene rings is 3. The molecule has 4 aromatic rings. The van der Waals surface area contributed by atoms with Gasteiger partial charge >= 0.3 is 0 Å². The van der Waals surface area contributed by atoms with E-state index in [1.807, 2.05) is 54.1 Å². The van der Waals surface area contributed by atoms with Gasteiger partial charge in [-0.2, -0.15) is 4.57 Å². The number of fused-ring (bicyclic) bond motifs is 4. The molecule has 1 aliphatic heterocycles. The highest BCUT2D eigenvalue weighted by Crippen LogP contribution is 2.46. The number of aryl methyl sites for hydroxylation is 1. The second-order valence-electron chi connectivity index (χ2n) is 6.36. The zero-order valence-electron chi connectivity index (χ0n) is 13.8. The molecule has 5 rings (SSSR count). The molecule has 0 bridgehead atoms. The average molecular weight is 344 g/mol. The maximum Gasteiger partial charge on any atom is 0.228 e. The van der Waals surface area contributed by atoms with Crippen molar-refractivity contribution in [1.82, 2.24) is 0 Å². The molecule has 126 valence electrons. The molecule has 3 aromatic carbocycles. The highest BCUT2D eigenvalue weighted by molar-refractivity contribution is 6.13. The van der Waals surface area contributed by atoms with Crippen molar-refractivity contribution < 1.29 is 18.8 Å². The van der Waals surface area contributed by atoms with Crippen molar-refractivity contribution in [3.8, 4) is 22.8 Å². The number of hydrogen-bond donors (Lipinski definition) is 1. The molecule has 0 fully saturated rings. The third-order valence-electron chi connectivity index (χ3n) is 4.94. The van der Waals surface area contributed by atoms with Gasteiger partial charge in [0, 0.05) is 17.0 Å². The summed E-state index contributed by atoms with van der Waals surface area (Å²) in [6.07, 6.45) is 0.